The van der Waals surface area contributed by atoms with Crippen molar-refractivity contribution in [2.75, 3.05) is 0 Å². The Kier molecular flexibility index (Phi) is 3.39. The highest BCUT2D eigenvalue weighted by Crippen LogP contribution is 2.78. The van der Waals surface area contributed by atoms with Crippen LogP contribution in [0.5, 0.6) is 0 Å². The van der Waals surface area contributed by atoms with Crippen LogP contribution in [0.25, 0.3) is 0 Å². The van der Waals surface area contributed by atoms with E-state index >= 15 is 0 Å². The van der Waals surface area contributed by atoms with Gasteiger partial charge in [-0.25, -0.2) is 0 Å². The molecule has 13 atom stereocenters. The maximum absolute atomic E-state index is 11.5. The van der Waals surface area contributed by atoms with E-state index < -0.39 is 59.2 Å². The van der Waals surface area contributed by atoms with E-state index in [2.05, 4.69) is 13.8 Å². The van der Waals surface area contributed by atoms with Gasteiger partial charge in [0.15, 0.2) is 6.29 Å². The predicted octanol–water partition coefficient (Wildman–Crippen LogP) is -0.783. The van der Waals surface area contributed by atoms with Crippen LogP contribution in [0.4, 0.5) is 0 Å². The largest absolute Gasteiger partial charge is 0.392 e. The minimum atomic E-state index is -1.74. The van der Waals surface area contributed by atoms with Gasteiger partial charge in [-0.2, -0.15) is 0 Å². The van der Waals surface area contributed by atoms with Gasteiger partial charge in [0.2, 0.25) is 0 Å². The van der Waals surface area contributed by atoms with Crippen LogP contribution in [-0.4, -0.2) is 72.5 Å². The molecular formula is C20H32O7. The molecule has 0 spiro atoms. The van der Waals surface area contributed by atoms with Gasteiger partial charge in [-0.1, -0.05) is 20.8 Å². The Labute approximate surface area is 159 Å². The van der Waals surface area contributed by atoms with Gasteiger partial charge >= 0.3 is 0 Å². The van der Waals surface area contributed by atoms with E-state index in [1.807, 2.05) is 0 Å². The van der Waals surface area contributed by atoms with Crippen molar-refractivity contribution >= 4 is 0 Å². The topological polar surface area (TPSA) is 131 Å². The van der Waals surface area contributed by atoms with Crippen molar-refractivity contribution in [3.8, 4) is 0 Å². The van der Waals surface area contributed by atoms with Crippen LogP contribution in [0.1, 0.15) is 40.5 Å². The van der Waals surface area contributed by atoms with Crippen LogP contribution in [0.3, 0.4) is 0 Å². The number of hydrogen-bond acceptors (Lipinski definition) is 7. The van der Waals surface area contributed by atoms with E-state index in [1.165, 1.54) is 0 Å². The van der Waals surface area contributed by atoms with Crippen LogP contribution in [0.15, 0.2) is 0 Å². The molecule has 2 bridgehead atoms. The number of aliphatic hydroxyl groups excluding tert-OH is 5. The lowest BCUT2D eigenvalue weighted by Crippen LogP contribution is -2.63. The number of aliphatic hydroxyl groups is 6. The SMILES string of the molecule is CC1CC2(O)C(C1O)C(O)C13C(O)CC4C(C1C(C)(OC3O)C2O)C4(C)C. The molecule has 154 valence electrons. The zero-order valence-electron chi connectivity index (χ0n) is 16.3. The summed E-state index contributed by atoms with van der Waals surface area (Å²) in [6, 6.07) is 0. The number of fused-ring (bicyclic) bond motifs is 2. The number of ether oxygens (including phenoxy) is 1. The Morgan fingerprint density at radius 1 is 0.963 bits per heavy atom. The fraction of sp³-hybridized carbons (Fsp3) is 1.00. The smallest absolute Gasteiger partial charge is 0.166 e. The zero-order chi connectivity index (χ0) is 19.9. The summed E-state index contributed by atoms with van der Waals surface area (Å²) in [5.41, 5.74) is -4.63. The molecule has 7 heteroatoms. The molecule has 0 radical (unpaired) electrons. The van der Waals surface area contributed by atoms with Crippen LogP contribution in [-0.2, 0) is 4.74 Å². The predicted molar refractivity (Wildman–Crippen MR) is 93.0 cm³/mol. The summed E-state index contributed by atoms with van der Waals surface area (Å²) >= 11 is 0. The Hall–Kier alpha value is -0.280. The Bertz CT molecular complexity index is 683. The standard InChI is InChI=1S/C20H32O7/c1-7-6-19(26)11(12(7)22)14(23)20-9(21)5-8-10(17(8,2)3)13(20)18(4,15(19)24)27-16(20)25/h7-16,21-26H,5-6H2,1-4H3. The molecule has 0 aromatic heterocycles. The van der Waals surface area contributed by atoms with E-state index in [9.17, 15) is 30.6 Å². The minimum Gasteiger partial charge on any atom is -0.392 e. The van der Waals surface area contributed by atoms with E-state index in [1.54, 1.807) is 13.8 Å². The summed E-state index contributed by atoms with van der Waals surface area (Å²) in [5, 5.41) is 67.4. The first-order valence-electron chi connectivity index (χ1n) is 10.2. The molecule has 1 saturated heterocycles. The third kappa shape index (κ3) is 1.72. The van der Waals surface area contributed by atoms with Gasteiger partial charge in [-0.05, 0) is 42.9 Å². The van der Waals surface area contributed by atoms with Crippen LogP contribution < -0.4 is 0 Å². The molecule has 27 heavy (non-hydrogen) atoms. The summed E-state index contributed by atoms with van der Waals surface area (Å²) < 4.78 is 5.92. The second-order valence-electron chi connectivity index (χ2n) is 10.9. The molecule has 4 saturated carbocycles. The highest BCUT2D eigenvalue weighted by molar-refractivity contribution is 5.31. The third-order valence-electron chi connectivity index (χ3n) is 9.55. The van der Waals surface area contributed by atoms with E-state index in [4.69, 9.17) is 4.74 Å². The molecule has 0 aromatic carbocycles. The second-order valence-corrected chi connectivity index (χ2v) is 10.9. The van der Waals surface area contributed by atoms with Crippen LogP contribution in [0, 0.1) is 40.4 Å². The lowest BCUT2D eigenvalue weighted by molar-refractivity contribution is -0.280. The van der Waals surface area contributed by atoms with E-state index in [-0.39, 0.29) is 29.6 Å². The molecule has 4 aliphatic carbocycles. The van der Waals surface area contributed by atoms with Crippen molar-refractivity contribution in [3.63, 3.8) is 0 Å². The maximum atomic E-state index is 11.5. The van der Waals surface area contributed by atoms with Crippen molar-refractivity contribution in [1.29, 1.82) is 0 Å². The number of hydrogen-bond donors (Lipinski definition) is 6. The molecule has 1 aliphatic heterocycles. The zero-order valence-corrected chi connectivity index (χ0v) is 16.3. The molecule has 5 fully saturated rings. The number of rotatable bonds is 0. The first-order chi connectivity index (χ1) is 12.4. The van der Waals surface area contributed by atoms with Gasteiger partial charge in [0.05, 0.1) is 23.7 Å². The molecule has 5 aliphatic rings. The van der Waals surface area contributed by atoms with Crippen molar-refractivity contribution < 1.29 is 35.4 Å². The molecule has 0 amide bonds. The highest BCUT2D eigenvalue weighted by atomic mass is 16.6. The Morgan fingerprint density at radius 2 is 1.59 bits per heavy atom. The first kappa shape index (κ1) is 18.7. The fourth-order valence-corrected chi connectivity index (χ4v) is 8.19. The van der Waals surface area contributed by atoms with E-state index in [0.29, 0.717) is 6.42 Å². The summed E-state index contributed by atoms with van der Waals surface area (Å²) in [4.78, 5) is 0. The summed E-state index contributed by atoms with van der Waals surface area (Å²) in [6.45, 7) is 7.64. The van der Waals surface area contributed by atoms with E-state index in [0.717, 1.165) is 0 Å². The monoisotopic (exact) mass is 384 g/mol. The summed E-state index contributed by atoms with van der Waals surface area (Å²) in [7, 11) is 0. The second kappa shape index (κ2) is 4.89. The van der Waals surface area contributed by atoms with Crippen molar-refractivity contribution in [2.45, 2.75) is 82.4 Å². The maximum Gasteiger partial charge on any atom is 0.166 e. The van der Waals surface area contributed by atoms with Gasteiger partial charge in [0.1, 0.15) is 17.3 Å². The molecule has 13 unspecified atom stereocenters. The molecule has 7 nitrogen and oxygen atoms in total. The van der Waals surface area contributed by atoms with Gasteiger partial charge in [0.25, 0.3) is 0 Å². The summed E-state index contributed by atoms with van der Waals surface area (Å²) in [5.74, 6) is -1.66. The first-order valence-corrected chi connectivity index (χ1v) is 10.2. The normalized spacial score (nSPS) is 68.7. The quantitative estimate of drug-likeness (QED) is 0.323. The van der Waals surface area contributed by atoms with Crippen LogP contribution >= 0.6 is 0 Å². The van der Waals surface area contributed by atoms with Gasteiger partial charge < -0.3 is 35.4 Å². The van der Waals surface area contributed by atoms with Gasteiger partial charge in [-0.3, -0.25) is 0 Å². The third-order valence-corrected chi connectivity index (χ3v) is 9.55. The molecule has 1 heterocycles. The Balaban J connectivity index is 1.76. The molecular weight excluding hydrogens is 352 g/mol. The van der Waals surface area contributed by atoms with Crippen molar-refractivity contribution in [3.05, 3.63) is 0 Å². The van der Waals surface area contributed by atoms with Crippen molar-refractivity contribution in [2.24, 2.45) is 40.4 Å². The Morgan fingerprint density at radius 3 is 2.22 bits per heavy atom. The van der Waals surface area contributed by atoms with Gasteiger partial charge in [0, 0.05) is 11.8 Å². The highest BCUT2D eigenvalue weighted by Gasteiger charge is 2.85. The van der Waals surface area contributed by atoms with Crippen molar-refractivity contribution in [1.82, 2.24) is 0 Å². The minimum absolute atomic E-state index is 0.0457. The molecule has 0 aromatic rings. The molecule has 6 N–H and O–H groups in total. The van der Waals surface area contributed by atoms with Crippen LogP contribution in [0.2, 0.25) is 0 Å². The average Bonchev–Trinajstić information content (AvgIpc) is 2.88. The fourth-order valence-electron chi connectivity index (χ4n) is 8.19. The lowest BCUT2D eigenvalue weighted by atomic mass is 9.57. The molecule has 5 rings (SSSR count). The summed E-state index contributed by atoms with van der Waals surface area (Å²) in [6.07, 6.45) is -5.80. The average molecular weight is 384 g/mol. The van der Waals surface area contributed by atoms with Gasteiger partial charge in [-0.15, -0.1) is 0 Å². The lowest BCUT2D eigenvalue weighted by Gasteiger charge is -2.49.